The summed E-state index contributed by atoms with van der Waals surface area (Å²) in [6.07, 6.45) is -4.49. The van der Waals surface area contributed by atoms with Gasteiger partial charge in [-0.2, -0.15) is 13.2 Å². The fourth-order valence-electron chi connectivity index (χ4n) is 2.72. The van der Waals surface area contributed by atoms with Gasteiger partial charge in [0.1, 0.15) is 11.8 Å². The normalized spacial score (nSPS) is 16.6. The highest BCUT2D eigenvalue weighted by molar-refractivity contribution is 5.92. The number of piperazine rings is 1. The molecular weight excluding hydrogens is 365 g/mol. The standard InChI is InChI=1S/C17H23F3N4O3/c18-17(19,20)14(24-8-6-22-7-9-24)11-23-15(25)5-10-27-13-3-1-12(2-4-13)16(21)26/h1-4,14,22H,5-11H2,(H2,21,26)(H,23,25). The van der Waals surface area contributed by atoms with Gasteiger partial charge in [0.25, 0.3) is 0 Å². The quantitative estimate of drug-likeness (QED) is 0.603. The average molecular weight is 388 g/mol. The minimum Gasteiger partial charge on any atom is -0.493 e. The Hall–Kier alpha value is -2.33. The number of halogens is 3. The van der Waals surface area contributed by atoms with Crippen molar-refractivity contribution < 1.29 is 27.5 Å². The molecule has 27 heavy (non-hydrogen) atoms. The van der Waals surface area contributed by atoms with E-state index in [-0.39, 0.29) is 26.1 Å². The molecule has 10 heteroatoms. The van der Waals surface area contributed by atoms with Crippen molar-refractivity contribution in [3.05, 3.63) is 29.8 Å². The summed E-state index contributed by atoms with van der Waals surface area (Å²) in [5.41, 5.74) is 5.45. The van der Waals surface area contributed by atoms with Gasteiger partial charge in [-0.05, 0) is 24.3 Å². The molecule has 1 atom stereocenters. The van der Waals surface area contributed by atoms with Crippen LogP contribution in [0.25, 0.3) is 0 Å². The van der Waals surface area contributed by atoms with E-state index >= 15 is 0 Å². The number of nitrogens with two attached hydrogens (primary N) is 1. The number of amides is 2. The molecule has 1 aliphatic rings. The number of rotatable bonds is 8. The molecule has 0 spiro atoms. The fraction of sp³-hybridized carbons (Fsp3) is 0.529. The van der Waals surface area contributed by atoms with Crippen LogP contribution in [0.5, 0.6) is 5.75 Å². The van der Waals surface area contributed by atoms with E-state index in [1.165, 1.54) is 29.2 Å². The Labute approximate surface area is 155 Å². The van der Waals surface area contributed by atoms with E-state index in [9.17, 15) is 22.8 Å². The first-order chi connectivity index (χ1) is 12.8. The third-order valence-electron chi connectivity index (χ3n) is 4.20. The van der Waals surface area contributed by atoms with Crippen LogP contribution in [0.3, 0.4) is 0 Å². The highest BCUT2D eigenvalue weighted by atomic mass is 19.4. The number of carbonyl (C=O) groups excluding carboxylic acids is 2. The van der Waals surface area contributed by atoms with Crippen molar-refractivity contribution in [1.29, 1.82) is 0 Å². The number of carbonyl (C=O) groups is 2. The van der Waals surface area contributed by atoms with Gasteiger partial charge in [-0.1, -0.05) is 0 Å². The van der Waals surface area contributed by atoms with E-state index < -0.39 is 30.6 Å². The maximum atomic E-state index is 13.2. The van der Waals surface area contributed by atoms with Crippen LogP contribution < -0.4 is 21.1 Å². The zero-order valence-electron chi connectivity index (χ0n) is 14.7. The lowest BCUT2D eigenvalue weighted by Gasteiger charge is -2.35. The van der Waals surface area contributed by atoms with E-state index in [4.69, 9.17) is 10.5 Å². The van der Waals surface area contributed by atoms with Crippen LogP contribution in [-0.4, -0.2) is 68.3 Å². The summed E-state index contributed by atoms with van der Waals surface area (Å²) in [7, 11) is 0. The lowest BCUT2D eigenvalue weighted by Crippen LogP contribution is -2.57. The van der Waals surface area contributed by atoms with Crippen LogP contribution in [-0.2, 0) is 4.79 Å². The molecule has 1 aromatic carbocycles. The SMILES string of the molecule is NC(=O)c1ccc(OCCC(=O)NCC(N2CCNCC2)C(F)(F)F)cc1. The Morgan fingerprint density at radius 1 is 1.22 bits per heavy atom. The van der Waals surface area contributed by atoms with Crippen molar-refractivity contribution in [2.24, 2.45) is 5.73 Å². The molecule has 1 aliphatic heterocycles. The van der Waals surface area contributed by atoms with E-state index in [1.807, 2.05) is 0 Å². The third-order valence-corrected chi connectivity index (χ3v) is 4.20. The molecule has 1 aromatic rings. The van der Waals surface area contributed by atoms with Gasteiger partial charge in [0.2, 0.25) is 11.8 Å². The number of primary amides is 1. The largest absolute Gasteiger partial charge is 0.493 e. The molecule has 1 saturated heterocycles. The second kappa shape index (κ2) is 9.56. The Kier molecular flexibility index (Phi) is 7.43. The number of ether oxygens (including phenoxy) is 1. The van der Waals surface area contributed by atoms with Crippen molar-refractivity contribution >= 4 is 11.8 Å². The summed E-state index contributed by atoms with van der Waals surface area (Å²) in [6.45, 7) is 1.06. The van der Waals surface area contributed by atoms with Crippen molar-refractivity contribution in [1.82, 2.24) is 15.5 Å². The molecule has 0 bridgehead atoms. The van der Waals surface area contributed by atoms with E-state index in [2.05, 4.69) is 10.6 Å². The Morgan fingerprint density at radius 2 is 1.85 bits per heavy atom. The molecule has 1 fully saturated rings. The summed E-state index contributed by atoms with van der Waals surface area (Å²) in [5.74, 6) is -0.653. The Bertz CT molecular complexity index is 631. The van der Waals surface area contributed by atoms with Gasteiger partial charge in [-0.15, -0.1) is 0 Å². The average Bonchev–Trinajstić information content (AvgIpc) is 2.62. The third kappa shape index (κ3) is 6.72. The van der Waals surface area contributed by atoms with Crippen molar-refractivity contribution in [3.63, 3.8) is 0 Å². The van der Waals surface area contributed by atoms with E-state index in [1.54, 1.807) is 0 Å². The highest BCUT2D eigenvalue weighted by Crippen LogP contribution is 2.24. The molecule has 2 rings (SSSR count). The van der Waals surface area contributed by atoms with Gasteiger partial charge in [0.15, 0.2) is 0 Å². The molecule has 1 heterocycles. The zero-order chi connectivity index (χ0) is 19.9. The Morgan fingerprint density at radius 3 is 2.41 bits per heavy atom. The lowest BCUT2D eigenvalue weighted by atomic mass is 10.2. The van der Waals surface area contributed by atoms with Crippen molar-refractivity contribution in [3.8, 4) is 5.75 Å². The second-order valence-electron chi connectivity index (χ2n) is 6.13. The maximum absolute atomic E-state index is 13.2. The first-order valence-electron chi connectivity index (χ1n) is 8.58. The Balaban J connectivity index is 1.76. The van der Waals surface area contributed by atoms with Crippen molar-refractivity contribution in [2.45, 2.75) is 18.6 Å². The van der Waals surface area contributed by atoms with Crippen molar-refractivity contribution in [2.75, 3.05) is 39.3 Å². The van der Waals surface area contributed by atoms with Gasteiger partial charge in [-0.3, -0.25) is 14.5 Å². The minimum absolute atomic E-state index is 0.00602. The van der Waals surface area contributed by atoms with Crippen LogP contribution in [0.4, 0.5) is 13.2 Å². The number of benzene rings is 1. The summed E-state index contributed by atoms with van der Waals surface area (Å²) < 4.78 is 45.1. The molecule has 2 amide bonds. The molecule has 0 saturated carbocycles. The topological polar surface area (TPSA) is 96.7 Å². The molecule has 4 N–H and O–H groups in total. The molecule has 0 aliphatic carbocycles. The van der Waals surface area contributed by atoms with Crippen LogP contribution >= 0.6 is 0 Å². The van der Waals surface area contributed by atoms with Gasteiger partial charge in [0.05, 0.1) is 13.0 Å². The molecule has 7 nitrogen and oxygen atoms in total. The van der Waals surface area contributed by atoms with E-state index in [0.29, 0.717) is 24.4 Å². The van der Waals surface area contributed by atoms with Crippen LogP contribution in [0, 0.1) is 0 Å². The zero-order valence-corrected chi connectivity index (χ0v) is 14.7. The summed E-state index contributed by atoms with van der Waals surface area (Å²) >= 11 is 0. The smallest absolute Gasteiger partial charge is 0.405 e. The van der Waals surface area contributed by atoms with Crippen LogP contribution in [0.15, 0.2) is 24.3 Å². The minimum atomic E-state index is -4.41. The molecule has 1 unspecified atom stereocenters. The molecular formula is C17H23F3N4O3. The van der Waals surface area contributed by atoms with Crippen LogP contribution in [0.2, 0.25) is 0 Å². The first-order valence-corrected chi connectivity index (χ1v) is 8.58. The first kappa shape index (κ1) is 21.0. The highest BCUT2D eigenvalue weighted by Gasteiger charge is 2.43. The monoisotopic (exact) mass is 388 g/mol. The van der Waals surface area contributed by atoms with Gasteiger partial charge in [0, 0.05) is 38.3 Å². The summed E-state index contributed by atoms with van der Waals surface area (Å²) in [6, 6.07) is 4.33. The number of hydrogen-bond acceptors (Lipinski definition) is 5. The van der Waals surface area contributed by atoms with Gasteiger partial charge < -0.3 is 21.1 Å². The predicted molar refractivity (Wildman–Crippen MR) is 92.4 cm³/mol. The van der Waals surface area contributed by atoms with E-state index in [0.717, 1.165) is 0 Å². The fourth-order valence-corrected chi connectivity index (χ4v) is 2.72. The molecule has 150 valence electrons. The maximum Gasteiger partial charge on any atom is 0.405 e. The second-order valence-corrected chi connectivity index (χ2v) is 6.13. The molecule has 0 aromatic heterocycles. The summed E-state index contributed by atoms with van der Waals surface area (Å²) in [5, 5.41) is 5.34. The number of hydrogen-bond donors (Lipinski definition) is 3. The lowest BCUT2D eigenvalue weighted by molar-refractivity contribution is -0.184. The number of alkyl halides is 3. The van der Waals surface area contributed by atoms with Gasteiger partial charge >= 0.3 is 6.18 Å². The van der Waals surface area contributed by atoms with Crippen LogP contribution in [0.1, 0.15) is 16.8 Å². The number of nitrogens with zero attached hydrogens (tertiary/aromatic N) is 1. The summed E-state index contributed by atoms with van der Waals surface area (Å²) in [4.78, 5) is 24.1. The number of nitrogens with one attached hydrogen (secondary N) is 2. The molecule has 0 radical (unpaired) electrons. The predicted octanol–water partition coefficient (Wildman–Crippen LogP) is 0.507. The van der Waals surface area contributed by atoms with Gasteiger partial charge in [-0.25, -0.2) is 0 Å².